The zero-order valence-corrected chi connectivity index (χ0v) is 10.2. The molecule has 2 rings (SSSR count). The van der Waals surface area contributed by atoms with Gasteiger partial charge in [0, 0.05) is 17.0 Å². The molecule has 0 amide bonds. The molecule has 17 heavy (non-hydrogen) atoms. The van der Waals surface area contributed by atoms with Crippen LogP contribution in [0.3, 0.4) is 0 Å². The van der Waals surface area contributed by atoms with Crippen LogP contribution in [-0.4, -0.2) is 22.5 Å². The second kappa shape index (κ2) is 3.74. The predicted octanol–water partition coefficient (Wildman–Crippen LogP) is 2.32. The molecule has 0 atom stereocenters. The summed E-state index contributed by atoms with van der Waals surface area (Å²) in [4.78, 5) is 22.3. The summed E-state index contributed by atoms with van der Waals surface area (Å²) >= 11 is 5.87. The van der Waals surface area contributed by atoms with Gasteiger partial charge in [0.05, 0.1) is 5.56 Å². The lowest BCUT2D eigenvalue weighted by atomic mass is 9.99. The number of hydrogen-bond donors (Lipinski definition) is 1. The van der Waals surface area contributed by atoms with E-state index < -0.39 is 17.4 Å². The van der Waals surface area contributed by atoms with Crippen LogP contribution in [0, 0.1) is 0 Å². The Bertz CT molecular complexity index is 519. The summed E-state index contributed by atoms with van der Waals surface area (Å²) < 4.78 is 5.61. The van der Waals surface area contributed by atoms with Crippen LogP contribution in [0.15, 0.2) is 12.1 Å². The molecule has 1 aliphatic rings. The van der Waals surface area contributed by atoms with Crippen LogP contribution in [0.25, 0.3) is 0 Å². The number of carboxylic acids is 1. The molecule has 5 heteroatoms. The van der Waals surface area contributed by atoms with Crippen LogP contribution in [0.4, 0.5) is 0 Å². The number of Topliss-reactive ketones (excluding diaryl/α,β-unsaturated/α-hetero) is 1. The Kier molecular flexibility index (Phi) is 2.62. The van der Waals surface area contributed by atoms with Gasteiger partial charge >= 0.3 is 5.97 Å². The van der Waals surface area contributed by atoms with Gasteiger partial charge in [0.1, 0.15) is 11.4 Å². The monoisotopic (exact) mass is 254 g/mol. The minimum Gasteiger partial charge on any atom is -0.486 e. The van der Waals surface area contributed by atoms with Crippen LogP contribution >= 0.6 is 11.6 Å². The van der Waals surface area contributed by atoms with E-state index in [2.05, 4.69) is 0 Å². The van der Waals surface area contributed by atoms with Crippen molar-refractivity contribution in [2.45, 2.75) is 25.9 Å². The van der Waals surface area contributed by atoms with Gasteiger partial charge in [-0.3, -0.25) is 4.79 Å². The molecule has 1 aromatic carbocycles. The summed E-state index contributed by atoms with van der Waals surface area (Å²) in [5, 5.41) is 9.08. The zero-order chi connectivity index (χ0) is 12.8. The van der Waals surface area contributed by atoms with Gasteiger partial charge in [0.15, 0.2) is 0 Å². The number of carbonyl (C=O) groups is 2. The van der Waals surface area contributed by atoms with Gasteiger partial charge in [0.2, 0.25) is 0 Å². The molecule has 0 aliphatic carbocycles. The van der Waals surface area contributed by atoms with Gasteiger partial charge in [-0.1, -0.05) is 11.6 Å². The van der Waals surface area contributed by atoms with E-state index in [-0.39, 0.29) is 5.56 Å². The third-order valence-corrected chi connectivity index (χ3v) is 2.78. The molecule has 0 aromatic heterocycles. The van der Waals surface area contributed by atoms with E-state index in [0.29, 0.717) is 17.2 Å². The molecule has 0 unspecified atom stereocenters. The van der Waals surface area contributed by atoms with E-state index in [0.717, 1.165) is 5.56 Å². The molecule has 0 radical (unpaired) electrons. The van der Waals surface area contributed by atoms with E-state index in [4.69, 9.17) is 21.4 Å². The highest BCUT2D eigenvalue weighted by molar-refractivity contribution is 6.41. The summed E-state index contributed by atoms with van der Waals surface area (Å²) in [5.41, 5.74) is 0.346. The van der Waals surface area contributed by atoms with Crippen molar-refractivity contribution in [3.63, 3.8) is 0 Å². The third kappa shape index (κ3) is 2.13. The van der Waals surface area contributed by atoms with Crippen molar-refractivity contribution in [3.05, 3.63) is 28.3 Å². The summed E-state index contributed by atoms with van der Waals surface area (Å²) in [5.74, 6) is -2.17. The van der Waals surface area contributed by atoms with Gasteiger partial charge in [-0.2, -0.15) is 0 Å². The molecule has 1 aliphatic heterocycles. The van der Waals surface area contributed by atoms with Gasteiger partial charge < -0.3 is 9.84 Å². The molecule has 0 spiro atoms. The van der Waals surface area contributed by atoms with Crippen LogP contribution in [0.2, 0.25) is 5.02 Å². The zero-order valence-electron chi connectivity index (χ0n) is 9.41. The smallest absolute Gasteiger partial charge is 0.377 e. The number of fused-ring (bicyclic) bond motifs is 1. The number of benzene rings is 1. The van der Waals surface area contributed by atoms with Gasteiger partial charge in [-0.15, -0.1) is 0 Å². The fraction of sp³-hybridized carbons (Fsp3) is 0.333. The number of aliphatic carboxylic acids is 1. The highest BCUT2D eigenvalue weighted by Crippen LogP contribution is 2.39. The van der Waals surface area contributed by atoms with Crippen molar-refractivity contribution in [2.75, 3.05) is 0 Å². The standard InChI is InChI=1S/C12H11ClO4/c1-12(2)5-6-3-7(13)4-8(10(6)17-12)9(14)11(15)16/h3-4H,5H2,1-2H3,(H,15,16). The molecule has 4 nitrogen and oxygen atoms in total. The van der Waals surface area contributed by atoms with E-state index in [9.17, 15) is 9.59 Å². The van der Waals surface area contributed by atoms with E-state index in [1.807, 2.05) is 13.8 Å². The summed E-state index contributed by atoms with van der Waals surface area (Å²) in [6.07, 6.45) is 0.600. The molecule has 0 saturated heterocycles. The molecule has 0 bridgehead atoms. The fourth-order valence-corrected chi connectivity index (χ4v) is 2.20. The van der Waals surface area contributed by atoms with Gasteiger partial charge in [-0.05, 0) is 26.0 Å². The first kappa shape index (κ1) is 11.9. The number of ketones is 1. The van der Waals surface area contributed by atoms with Crippen molar-refractivity contribution in [3.8, 4) is 5.75 Å². The summed E-state index contributed by atoms with van der Waals surface area (Å²) in [6, 6.07) is 3.03. The maximum absolute atomic E-state index is 11.5. The molecule has 1 aromatic rings. The minimum atomic E-state index is -1.51. The second-order valence-corrected chi connectivity index (χ2v) is 5.05. The first-order valence-corrected chi connectivity index (χ1v) is 5.47. The molecular weight excluding hydrogens is 244 g/mol. The Morgan fingerprint density at radius 3 is 2.65 bits per heavy atom. The van der Waals surface area contributed by atoms with Crippen molar-refractivity contribution in [2.24, 2.45) is 0 Å². The summed E-state index contributed by atoms with van der Waals surface area (Å²) in [6.45, 7) is 3.74. The lowest BCUT2D eigenvalue weighted by Gasteiger charge is -2.17. The normalized spacial score (nSPS) is 16.2. The van der Waals surface area contributed by atoms with Crippen molar-refractivity contribution in [1.29, 1.82) is 0 Å². The maximum Gasteiger partial charge on any atom is 0.377 e. The van der Waals surface area contributed by atoms with Gasteiger partial charge in [-0.25, -0.2) is 4.79 Å². The Hall–Kier alpha value is -1.55. The lowest BCUT2D eigenvalue weighted by Crippen LogP contribution is -2.25. The first-order valence-electron chi connectivity index (χ1n) is 5.09. The maximum atomic E-state index is 11.5. The number of hydrogen-bond acceptors (Lipinski definition) is 3. The number of ether oxygens (including phenoxy) is 1. The highest BCUT2D eigenvalue weighted by atomic mass is 35.5. The SMILES string of the molecule is CC1(C)Cc2cc(Cl)cc(C(=O)C(=O)O)c2O1. The Balaban J connectivity index is 2.56. The Morgan fingerprint density at radius 1 is 1.41 bits per heavy atom. The molecule has 0 saturated carbocycles. The minimum absolute atomic E-state index is 0.0191. The topological polar surface area (TPSA) is 63.6 Å². The summed E-state index contributed by atoms with van der Waals surface area (Å²) in [7, 11) is 0. The molecule has 1 N–H and O–H groups in total. The number of halogens is 1. The average molecular weight is 255 g/mol. The molecule has 0 fully saturated rings. The number of carbonyl (C=O) groups excluding carboxylic acids is 1. The Labute approximate surface area is 103 Å². The molecular formula is C12H11ClO4. The van der Waals surface area contributed by atoms with E-state index >= 15 is 0 Å². The van der Waals surface area contributed by atoms with Gasteiger partial charge in [0.25, 0.3) is 5.78 Å². The average Bonchev–Trinajstić information content (AvgIpc) is 2.49. The van der Waals surface area contributed by atoms with Crippen LogP contribution in [0.1, 0.15) is 29.8 Å². The van der Waals surface area contributed by atoms with Crippen LogP contribution in [0.5, 0.6) is 5.75 Å². The van der Waals surface area contributed by atoms with Crippen LogP contribution < -0.4 is 4.74 Å². The number of carboxylic acid groups (broad SMARTS) is 1. The molecule has 1 heterocycles. The Morgan fingerprint density at radius 2 is 2.06 bits per heavy atom. The lowest BCUT2D eigenvalue weighted by molar-refractivity contribution is -0.131. The van der Waals surface area contributed by atoms with E-state index in [1.165, 1.54) is 6.07 Å². The predicted molar refractivity (Wildman–Crippen MR) is 61.8 cm³/mol. The fourth-order valence-electron chi connectivity index (χ4n) is 1.96. The van der Waals surface area contributed by atoms with Crippen molar-refractivity contribution < 1.29 is 19.4 Å². The van der Waals surface area contributed by atoms with Crippen molar-refractivity contribution >= 4 is 23.4 Å². The first-order chi connectivity index (χ1) is 7.80. The van der Waals surface area contributed by atoms with Crippen LogP contribution in [-0.2, 0) is 11.2 Å². The quantitative estimate of drug-likeness (QED) is 0.650. The third-order valence-electron chi connectivity index (χ3n) is 2.56. The molecule has 90 valence electrons. The highest BCUT2D eigenvalue weighted by Gasteiger charge is 2.34. The largest absolute Gasteiger partial charge is 0.486 e. The van der Waals surface area contributed by atoms with Crippen molar-refractivity contribution in [1.82, 2.24) is 0 Å². The number of rotatable bonds is 2. The second-order valence-electron chi connectivity index (χ2n) is 4.61. The van der Waals surface area contributed by atoms with E-state index in [1.54, 1.807) is 6.07 Å².